The molecule has 35 heavy (non-hydrogen) atoms. The molecule has 1 atom stereocenters. The highest BCUT2D eigenvalue weighted by Crippen LogP contribution is 2.34. The molecule has 2 amide bonds. The van der Waals surface area contributed by atoms with E-state index in [0.717, 1.165) is 45.3 Å². The fourth-order valence-electron chi connectivity index (χ4n) is 4.65. The van der Waals surface area contributed by atoms with E-state index in [-0.39, 0.29) is 24.4 Å². The van der Waals surface area contributed by atoms with Crippen molar-refractivity contribution in [3.63, 3.8) is 0 Å². The van der Waals surface area contributed by atoms with Gasteiger partial charge in [0, 0.05) is 23.4 Å². The standard InChI is InChI=1S/C25H24N4O4S2/c1-14(30)26-15-8-9-19-21(11-15)35-25(27-19)28-22(31)13-29-10-4-5-16(29)12-18-17-6-2-3-7-20(17)34-23(18)24(32)33/h2-3,6-9,11,16H,4-5,10,12-13H2,1H3,(H,26,30)(H,32,33)(H,27,28,31)/t16-/m1/s1. The normalized spacial score (nSPS) is 16.1. The van der Waals surface area contributed by atoms with Crippen molar-refractivity contribution in [2.75, 3.05) is 23.7 Å². The summed E-state index contributed by atoms with van der Waals surface area (Å²) in [5, 5.41) is 16.9. The minimum Gasteiger partial charge on any atom is -0.477 e. The maximum absolute atomic E-state index is 12.9. The van der Waals surface area contributed by atoms with Crippen LogP contribution in [0.25, 0.3) is 20.3 Å². The van der Waals surface area contributed by atoms with Crippen LogP contribution < -0.4 is 10.6 Å². The van der Waals surface area contributed by atoms with E-state index in [2.05, 4.69) is 20.5 Å². The number of thiophene rings is 1. The molecule has 1 saturated heterocycles. The molecule has 3 heterocycles. The van der Waals surface area contributed by atoms with Gasteiger partial charge in [0.25, 0.3) is 0 Å². The Labute approximate surface area is 209 Å². The van der Waals surface area contributed by atoms with Crippen LogP contribution in [0.3, 0.4) is 0 Å². The van der Waals surface area contributed by atoms with E-state index < -0.39 is 5.97 Å². The number of amides is 2. The highest BCUT2D eigenvalue weighted by Gasteiger charge is 2.29. The van der Waals surface area contributed by atoms with Gasteiger partial charge in [0.2, 0.25) is 11.8 Å². The molecule has 0 bridgehead atoms. The number of carboxylic acids is 1. The summed E-state index contributed by atoms with van der Waals surface area (Å²) in [5.41, 5.74) is 2.30. The fourth-order valence-corrected chi connectivity index (χ4v) is 6.64. The summed E-state index contributed by atoms with van der Waals surface area (Å²) in [6, 6.07) is 13.3. The summed E-state index contributed by atoms with van der Waals surface area (Å²) in [6.07, 6.45) is 2.49. The number of nitrogens with one attached hydrogen (secondary N) is 2. The second-order valence-corrected chi connectivity index (χ2v) is 10.7. The molecule has 2 aromatic carbocycles. The summed E-state index contributed by atoms with van der Waals surface area (Å²) in [5.74, 6) is -1.19. The van der Waals surface area contributed by atoms with Gasteiger partial charge in [0.1, 0.15) is 4.88 Å². The van der Waals surface area contributed by atoms with Gasteiger partial charge in [-0.3, -0.25) is 14.5 Å². The van der Waals surface area contributed by atoms with Crippen molar-refractivity contribution in [3.05, 3.63) is 52.9 Å². The fraction of sp³-hybridized carbons (Fsp3) is 0.280. The number of nitrogens with zero attached hydrogens (tertiary/aromatic N) is 2. The zero-order chi connectivity index (χ0) is 24.5. The zero-order valence-electron chi connectivity index (χ0n) is 19.0. The van der Waals surface area contributed by atoms with Crippen molar-refractivity contribution in [1.82, 2.24) is 9.88 Å². The summed E-state index contributed by atoms with van der Waals surface area (Å²) >= 11 is 2.67. The monoisotopic (exact) mass is 508 g/mol. The van der Waals surface area contributed by atoms with Crippen LogP contribution in [-0.2, 0) is 16.0 Å². The number of carbonyl (C=O) groups is 3. The van der Waals surface area contributed by atoms with Crippen LogP contribution in [0.4, 0.5) is 10.8 Å². The van der Waals surface area contributed by atoms with E-state index in [1.54, 1.807) is 6.07 Å². The first kappa shape index (κ1) is 23.4. The van der Waals surface area contributed by atoms with Gasteiger partial charge in [-0.2, -0.15) is 0 Å². The first-order valence-corrected chi connectivity index (χ1v) is 13.0. The molecular formula is C25H24N4O4S2. The Morgan fingerprint density at radius 3 is 2.74 bits per heavy atom. The number of fused-ring (bicyclic) bond motifs is 2. The van der Waals surface area contributed by atoms with E-state index in [9.17, 15) is 19.5 Å². The van der Waals surface area contributed by atoms with Crippen LogP contribution in [0, 0.1) is 0 Å². The number of carboxylic acid groups (broad SMARTS) is 1. The molecule has 1 fully saturated rings. The van der Waals surface area contributed by atoms with Crippen molar-refractivity contribution >= 4 is 71.6 Å². The Bertz CT molecular complexity index is 1440. The molecule has 0 saturated carbocycles. The Hall–Kier alpha value is -3.34. The maximum Gasteiger partial charge on any atom is 0.346 e. The van der Waals surface area contributed by atoms with Crippen LogP contribution >= 0.6 is 22.7 Å². The number of carbonyl (C=O) groups excluding carboxylic acids is 2. The number of aromatic nitrogens is 1. The molecule has 5 rings (SSSR count). The molecular weight excluding hydrogens is 484 g/mol. The number of rotatable bonds is 7. The molecule has 0 radical (unpaired) electrons. The van der Waals surface area contributed by atoms with E-state index in [1.165, 1.54) is 29.6 Å². The number of likely N-dealkylation sites (tertiary alicyclic amines) is 1. The number of aromatic carboxylic acids is 1. The first-order chi connectivity index (χ1) is 16.9. The van der Waals surface area contributed by atoms with Crippen molar-refractivity contribution < 1.29 is 19.5 Å². The van der Waals surface area contributed by atoms with Gasteiger partial charge in [-0.15, -0.1) is 11.3 Å². The third kappa shape index (κ3) is 5.04. The highest BCUT2D eigenvalue weighted by molar-refractivity contribution is 7.22. The lowest BCUT2D eigenvalue weighted by atomic mass is 10.0. The molecule has 4 aromatic rings. The van der Waals surface area contributed by atoms with Crippen molar-refractivity contribution in [3.8, 4) is 0 Å². The lowest BCUT2D eigenvalue weighted by Crippen LogP contribution is -2.38. The number of anilines is 2. The number of thiazole rings is 1. The third-order valence-electron chi connectivity index (χ3n) is 6.13. The molecule has 0 spiro atoms. The Kier molecular flexibility index (Phi) is 6.50. The molecule has 10 heteroatoms. The average Bonchev–Trinajstić information content (AvgIpc) is 3.51. The topological polar surface area (TPSA) is 112 Å². The molecule has 8 nitrogen and oxygen atoms in total. The van der Waals surface area contributed by atoms with Crippen LogP contribution in [0.1, 0.15) is 35.0 Å². The second kappa shape index (κ2) is 9.73. The molecule has 3 N–H and O–H groups in total. The van der Waals surface area contributed by atoms with Crippen molar-refractivity contribution in [2.45, 2.75) is 32.2 Å². The highest BCUT2D eigenvalue weighted by atomic mass is 32.1. The predicted molar refractivity (Wildman–Crippen MR) is 140 cm³/mol. The minimum atomic E-state index is -0.902. The summed E-state index contributed by atoms with van der Waals surface area (Å²) in [6.45, 7) is 2.47. The van der Waals surface area contributed by atoms with Crippen LogP contribution in [0.15, 0.2) is 42.5 Å². The van der Waals surface area contributed by atoms with E-state index >= 15 is 0 Å². The van der Waals surface area contributed by atoms with Crippen LogP contribution in [0.5, 0.6) is 0 Å². The third-order valence-corrected chi connectivity index (χ3v) is 8.27. The molecule has 1 aliphatic heterocycles. The predicted octanol–water partition coefficient (Wildman–Crippen LogP) is 4.81. The summed E-state index contributed by atoms with van der Waals surface area (Å²) in [7, 11) is 0. The van der Waals surface area contributed by atoms with Crippen molar-refractivity contribution in [1.29, 1.82) is 0 Å². The Morgan fingerprint density at radius 2 is 1.94 bits per heavy atom. The maximum atomic E-state index is 12.9. The summed E-state index contributed by atoms with van der Waals surface area (Å²) < 4.78 is 1.84. The van der Waals surface area contributed by atoms with Gasteiger partial charge in [-0.1, -0.05) is 29.5 Å². The van der Waals surface area contributed by atoms with Gasteiger partial charge in [0.05, 0.1) is 16.8 Å². The Balaban J connectivity index is 1.28. The smallest absolute Gasteiger partial charge is 0.346 e. The number of benzene rings is 2. The lowest BCUT2D eigenvalue weighted by Gasteiger charge is -2.23. The molecule has 2 aromatic heterocycles. The number of hydrogen-bond donors (Lipinski definition) is 3. The SMILES string of the molecule is CC(=O)Nc1ccc2nc(NC(=O)CN3CCC[C@@H]3Cc3c(C(=O)O)sc4ccccc34)sc2c1. The first-order valence-electron chi connectivity index (χ1n) is 11.3. The van der Waals surface area contributed by atoms with Gasteiger partial charge in [-0.25, -0.2) is 9.78 Å². The van der Waals surface area contributed by atoms with E-state index in [0.29, 0.717) is 22.1 Å². The van der Waals surface area contributed by atoms with Gasteiger partial charge in [-0.05, 0) is 61.0 Å². The zero-order valence-corrected chi connectivity index (χ0v) is 20.7. The van der Waals surface area contributed by atoms with Crippen molar-refractivity contribution in [2.24, 2.45) is 0 Å². The quantitative estimate of drug-likeness (QED) is 0.330. The van der Waals surface area contributed by atoms with Gasteiger partial charge in [0.15, 0.2) is 5.13 Å². The van der Waals surface area contributed by atoms with E-state index in [1.807, 2.05) is 36.4 Å². The average molecular weight is 509 g/mol. The second-order valence-electron chi connectivity index (χ2n) is 8.61. The molecule has 0 unspecified atom stereocenters. The van der Waals surface area contributed by atoms with Crippen LogP contribution in [0.2, 0.25) is 0 Å². The molecule has 180 valence electrons. The lowest BCUT2D eigenvalue weighted by molar-refractivity contribution is -0.117. The van der Waals surface area contributed by atoms with Gasteiger partial charge < -0.3 is 15.7 Å². The molecule has 1 aliphatic rings. The van der Waals surface area contributed by atoms with Crippen LogP contribution in [-0.4, -0.2) is 51.9 Å². The Morgan fingerprint density at radius 1 is 1.11 bits per heavy atom. The number of hydrogen-bond acceptors (Lipinski definition) is 7. The largest absolute Gasteiger partial charge is 0.477 e. The van der Waals surface area contributed by atoms with Gasteiger partial charge >= 0.3 is 5.97 Å². The summed E-state index contributed by atoms with van der Waals surface area (Å²) in [4.78, 5) is 43.0. The molecule has 0 aliphatic carbocycles. The minimum absolute atomic E-state index is 0.104. The van der Waals surface area contributed by atoms with E-state index in [4.69, 9.17) is 0 Å².